The lowest BCUT2D eigenvalue weighted by Crippen LogP contribution is -2.21. The average Bonchev–Trinajstić information content (AvgIpc) is 2.66. The fraction of sp³-hybridized carbons (Fsp3) is 0.250. The van der Waals surface area contributed by atoms with Crippen molar-refractivity contribution in [2.75, 3.05) is 23.1 Å². The Morgan fingerprint density at radius 3 is 2.30 bits per heavy atom. The number of aryl methyl sites for hydroxylation is 2. The maximum absolute atomic E-state index is 12.7. The van der Waals surface area contributed by atoms with Crippen LogP contribution < -0.4 is 20.7 Å². The molecule has 2 aliphatic rings. The highest BCUT2D eigenvalue weighted by molar-refractivity contribution is 6.07. The van der Waals surface area contributed by atoms with Gasteiger partial charge >= 0.3 is 0 Å². The van der Waals surface area contributed by atoms with Crippen molar-refractivity contribution in [2.24, 2.45) is 0 Å². The Kier molecular flexibility index (Phi) is 4.27. The minimum Gasteiger partial charge on any atom is -0.495 e. The Balaban J connectivity index is 1.60. The smallest absolute Gasteiger partial charge is 0.255 e. The van der Waals surface area contributed by atoms with E-state index >= 15 is 0 Å². The quantitative estimate of drug-likeness (QED) is 0.779. The van der Waals surface area contributed by atoms with E-state index in [0.29, 0.717) is 48.4 Å². The number of hydrogen-bond donors (Lipinski definition) is 3. The molecule has 4 rings (SSSR count). The lowest BCUT2D eigenvalue weighted by atomic mass is 9.99. The van der Waals surface area contributed by atoms with Crippen molar-refractivity contribution in [3.8, 4) is 5.75 Å². The molecule has 2 aromatic carbocycles. The summed E-state index contributed by atoms with van der Waals surface area (Å²) in [5.74, 6) is 0.209. The van der Waals surface area contributed by atoms with E-state index in [1.54, 1.807) is 31.4 Å². The second-order valence-corrected chi connectivity index (χ2v) is 6.63. The van der Waals surface area contributed by atoms with Crippen LogP contribution in [-0.4, -0.2) is 24.8 Å². The zero-order valence-electron chi connectivity index (χ0n) is 14.8. The number of benzene rings is 2. The second kappa shape index (κ2) is 6.75. The van der Waals surface area contributed by atoms with Gasteiger partial charge in [-0.05, 0) is 54.3 Å². The van der Waals surface area contributed by atoms with Crippen molar-refractivity contribution < 1.29 is 19.1 Å². The van der Waals surface area contributed by atoms with E-state index in [-0.39, 0.29) is 17.7 Å². The van der Waals surface area contributed by atoms with E-state index in [0.717, 1.165) is 16.8 Å². The number of nitrogens with one attached hydrogen (secondary N) is 3. The molecule has 7 heteroatoms. The Labute approximate surface area is 156 Å². The molecule has 3 amide bonds. The lowest BCUT2D eigenvalue weighted by Gasteiger charge is -2.20. The van der Waals surface area contributed by atoms with Crippen molar-refractivity contribution in [1.29, 1.82) is 0 Å². The minimum atomic E-state index is -0.282. The van der Waals surface area contributed by atoms with Crippen LogP contribution in [0.25, 0.3) is 0 Å². The van der Waals surface area contributed by atoms with E-state index in [4.69, 9.17) is 4.74 Å². The van der Waals surface area contributed by atoms with Gasteiger partial charge in [-0.15, -0.1) is 0 Å². The zero-order valence-corrected chi connectivity index (χ0v) is 14.8. The van der Waals surface area contributed by atoms with Gasteiger partial charge in [0.1, 0.15) is 5.75 Å². The molecule has 0 saturated carbocycles. The third-order valence-corrected chi connectivity index (χ3v) is 4.83. The van der Waals surface area contributed by atoms with Crippen LogP contribution in [0.1, 0.15) is 34.3 Å². The summed E-state index contributed by atoms with van der Waals surface area (Å²) in [6.07, 6.45) is 2.10. The molecule has 2 aliphatic heterocycles. The molecular formula is C20H19N3O4. The summed E-state index contributed by atoms with van der Waals surface area (Å²) in [4.78, 5) is 35.8. The van der Waals surface area contributed by atoms with Gasteiger partial charge < -0.3 is 20.7 Å². The zero-order chi connectivity index (χ0) is 19.0. The van der Waals surface area contributed by atoms with Crippen molar-refractivity contribution in [2.45, 2.75) is 25.7 Å². The molecule has 0 aromatic heterocycles. The highest BCUT2D eigenvalue weighted by Gasteiger charge is 2.20. The van der Waals surface area contributed by atoms with Crippen LogP contribution in [0.2, 0.25) is 0 Å². The van der Waals surface area contributed by atoms with Crippen LogP contribution in [0.5, 0.6) is 5.75 Å². The summed E-state index contributed by atoms with van der Waals surface area (Å²) < 4.78 is 5.40. The summed E-state index contributed by atoms with van der Waals surface area (Å²) in [7, 11) is 1.54. The molecule has 0 fully saturated rings. The molecule has 0 aliphatic carbocycles. The van der Waals surface area contributed by atoms with Crippen LogP contribution in [0.4, 0.5) is 17.1 Å². The van der Waals surface area contributed by atoms with Crippen molar-refractivity contribution in [3.63, 3.8) is 0 Å². The molecule has 0 atom stereocenters. The number of methoxy groups -OCH3 is 1. The molecule has 0 unspecified atom stereocenters. The third-order valence-electron chi connectivity index (χ3n) is 4.83. The second-order valence-electron chi connectivity index (χ2n) is 6.63. The van der Waals surface area contributed by atoms with Gasteiger partial charge in [-0.2, -0.15) is 0 Å². The summed E-state index contributed by atoms with van der Waals surface area (Å²) in [5.41, 5.74) is 4.34. The fourth-order valence-electron chi connectivity index (χ4n) is 3.39. The SMILES string of the molecule is COc1cc2c(cc1NC(=O)c1ccc3c(c1)CCC(=O)N3)NC(=O)CC2. The average molecular weight is 365 g/mol. The fourth-order valence-corrected chi connectivity index (χ4v) is 3.39. The Bertz CT molecular complexity index is 968. The number of carbonyl (C=O) groups excluding carboxylic acids is 3. The van der Waals surface area contributed by atoms with Crippen LogP contribution >= 0.6 is 0 Å². The van der Waals surface area contributed by atoms with E-state index in [2.05, 4.69) is 16.0 Å². The minimum absolute atomic E-state index is 0.0134. The Morgan fingerprint density at radius 2 is 1.59 bits per heavy atom. The van der Waals surface area contributed by atoms with Gasteiger partial charge in [0.2, 0.25) is 11.8 Å². The summed E-state index contributed by atoms with van der Waals surface area (Å²) in [6, 6.07) is 8.77. The lowest BCUT2D eigenvalue weighted by molar-refractivity contribution is -0.117. The number of anilines is 3. The number of amides is 3. The van der Waals surface area contributed by atoms with Crippen molar-refractivity contribution >= 4 is 34.8 Å². The molecule has 2 heterocycles. The molecule has 3 N–H and O–H groups in total. The summed E-state index contributed by atoms with van der Waals surface area (Å²) in [5, 5.41) is 8.48. The van der Waals surface area contributed by atoms with Crippen LogP contribution in [0, 0.1) is 0 Å². The molecule has 7 nitrogen and oxygen atoms in total. The molecular weight excluding hydrogens is 346 g/mol. The first-order valence-corrected chi connectivity index (χ1v) is 8.78. The monoisotopic (exact) mass is 365 g/mol. The predicted octanol–water partition coefficient (Wildman–Crippen LogP) is 2.72. The number of rotatable bonds is 3. The van der Waals surface area contributed by atoms with Gasteiger partial charge in [0.15, 0.2) is 0 Å². The van der Waals surface area contributed by atoms with E-state index in [9.17, 15) is 14.4 Å². The van der Waals surface area contributed by atoms with Gasteiger partial charge in [-0.3, -0.25) is 14.4 Å². The largest absolute Gasteiger partial charge is 0.495 e. The van der Waals surface area contributed by atoms with E-state index in [1.165, 1.54) is 0 Å². The number of ether oxygens (including phenoxy) is 1. The molecule has 0 saturated heterocycles. The summed E-state index contributed by atoms with van der Waals surface area (Å²) >= 11 is 0. The first kappa shape index (κ1) is 17.1. The normalized spacial score (nSPS) is 15.1. The topological polar surface area (TPSA) is 96.5 Å². The summed E-state index contributed by atoms with van der Waals surface area (Å²) in [6.45, 7) is 0. The van der Waals surface area contributed by atoms with E-state index < -0.39 is 0 Å². The molecule has 0 radical (unpaired) electrons. The third kappa shape index (κ3) is 3.36. The number of hydrogen-bond acceptors (Lipinski definition) is 4. The number of carbonyl (C=O) groups is 3. The maximum Gasteiger partial charge on any atom is 0.255 e. The van der Waals surface area contributed by atoms with Crippen molar-refractivity contribution in [1.82, 2.24) is 0 Å². The Morgan fingerprint density at radius 1 is 0.926 bits per heavy atom. The van der Waals surface area contributed by atoms with Crippen LogP contribution in [0.3, 0.4) is 0 Å². The molecule has 0 bridgehead atoms. The van der Waals surface area contributed by atoms with Crippen LogP contribution in [0.15, 0.2) is 30.3 Å². The maximum atomic E-state index is 12.7. The van der Waals surface area contributed by atoms with Crippen LogP contribution in [-0.2, 0) is 22.4 Å². The first-order valence-electron chi connectivity index (χ1n) is 8.78. The highest BCUT2D eigenvalue weighted by atomic mass is 16.5. The van der Waals surface area contributed by atoms with Gasteiger partial charge in [0.25, 0.3) is 5.91 Å². The van der Waals surface area contributed by atoms with E-state index in [1.807, 2.05) is 6.07 Å². The molecule has 2 aromatic rings. The van der Waals surface area contributed by atoms with Crippen molar-refractivity contribution in [3.05, 3.63) is 47.0 Å². The standard InChI is InChI=1S/C20H19N3O4/c1-27-17-9-12-4-7-19(25)22-15(12)10-16(17)23-20(26)13-2-5-14-11(8-13)3-6-18(24)21-14/h2,5,8-10H,3-4,6-7H2,1H3,(H,21,24)(H,22,25)(H,23,26). The molecule has 138 valence electrons. The van der Waals surface area contributed by atoms with Gasteiger partial charge in [-0.25, -0.2) is 0 Å². The molecule has 27 heavy (non-hydrogen) atoms. The first-order chi connectivity index (χ1) is 13.0. The highest BCUT2D eigenvalue weighted by Crippen LogP contribution is 2.34. The number of fused-ring (bicyclic) bond motifs is 2. The van der Waals surface area contributed by atoms with Gasteiger partial charge in [0.05, 0.1) is 12.8 Å². The van der Waals surface area contributed by atoms with Gasteiger partial charge in [0, 0.05) is 29.8 Å². The van der Waals surface area contributed by atoms with Gasteiger partial charge in [-0.1, -0.05) is 0 Å². The molecule has 0 spiro atoms. The Hall–Kier alpha value is -3.35. The predicted molar refractivity (Wildman–Crippen MR) is 101 cm³/mol.